The van der Waals surface area contributed by atoms with Crippen molar-refractivity contribution >= 4 is 5.91 Å². The van der Waals surface area contributed by atoms with Crippen molar-refractivity contribution in [3.63, 3.8) is 0 Å². The van der Waals surface area contributed by atoms with Gasteiger partial charge in [-0.05, 0) is 49.9 Å². The van der Waals surface area contributed by atoms with Crippen LogP contribution in [0.1, 0.15) is 40.4 Å². The topological polar surface area (TPSA) is 63.1 Å². The van der Waals surface area contributed by atoms with Gasteiger partial charge in [-0.15, -0.1) is 0 Å². The molecule has 2 heterocycles. The second kappa shape index (κ2) is 8.12. The van der Waals surface area contributed by atoms with Crippen LogP contribution in [0.2, 0.25) is 0 Å². The van der Waals surface area contributed by atoms with Crippen LogP contribution in [-0.2, 0) is 6.54 Å². The van der Waals surface area contributed by atoms with Crippen molar-refractivity contribution in [2.45, 2.75) is 32.2 Å². The third-order valence-corrected chi connectivity index (χ3v) is 4.82. The molecule has 1 fully saturated rings. The molecule has 1 atom stereocenters. The zero-order valence-corrected chi connectivity index (χ0v) is 14.6. The molecule has 5 nitrogen and oxygen atoms in total. The molecule has 2 N–H and O–H groups in total. The summed E-state index contributed by atoms with van der Waals surface area (Å²) >= 11 is 0. The molecule has 0 aliphatic carbocycles. The number of benzene rings is 1. The predicted octanol–water partition coefficient (Wildman–Crippen LogP) is 2.05. The molecule has 1 aliphatic heterocycles. The van der Waals surface area contributed by atoms with Gasteiger partial charge in [0.2, 0.25) is 0 Å². The number of carbonyl (C=O) groups excluding carboxylic acids is 1. The smallest absolute Gasteiger partial charge is 0.251 e. The number of hydrogen-bond acceptors (Lipinski definition) is 3. The Hall–Kier alpha value is -2.40. The van der Waals surface area contributed by atoms with Crippen LogP contribution in [0.25, 0.3) is 0 Å². The van der Waals surface area contributed by atoms with Crippen molar-refractivity contribution in [3.05, 3.63) is 69.6 Å². The van der Waals surface area contributed by atoms with Crippen molar-refractivity contribution in [3.8, 4) is 0 Å². The summed E-state index contributed by atoms with van der Waals surface area (Å²) in [5.41, 5.74) is 2.84. The Morgan fingerprint density at radius 2 is 2.08 bits per heavy atom. The average Bonchev–Trinajstić information content (AvgIpc) is 3.15. The zero-order chi connectivity index (χ0) is 17.6. The third kappa shape index (κ3) is 4.17. The lowest BCUT2D eigenvalue weighted by Crippen LogP contribution is -2.28. The van der Waals surface area contributed by atoms with Gasteiger partial charge in [-0.25, -0.2) is 0 Å². The summed E-state index contributed by atoms with van der Waals surface area (Å²) < 4.78 is 1.74. The van der Waals surface area contributed by atoms with Crippen LogP contribution in [0.5, 0.6) is 0 Å². The van der Waals surface area contributed by atoms with Gasteiger partial charge in [0, 0.05) is 37.0 Å². The lowest BCUT2D eigenvalue weighted by molar-refractivity contribution is 0.0951. The largest absolute Gasteiger partial charge is 0.352 e. The van der Waals surface area contributed by atoms with E-state index in [4.69, 9.17) is 0 Å². The first-order valence-corrected chi connectivity index (χ1v) is 8.91. The van der Waals surface area contributed by atoms with Gasteiger partial charge in [-0.2, -0.15) is 0 Å². The standard InChI is InChI=1S/C20H25N3O2/c1-15-6-4-9-19(24)23(15)13-5-11-22-20(25)18-8-3-2-7-17(18)16-10-12-21-14-16/h2-4,6-9,16,21H,5,10-14H2,1H3,(H,22,25). The van der Waals surface area contributed by atoms with Gasteiger partial charge in [0.05, 0.1) is 0 Å². The number of aromatic nitrogens is 1. The van der Waals surface area contributed by atoms with E-state index >= 15 is 0 Å². The zero-order valence-electron chi connectivity index (χ0n) is 14.6. The number of carbonyl (C=O) groups is 1. The quantitative estimate of drug-likeness (QED) is 0.792. The van der Waals surface area contributed by atoms with Crippen molar-refractivity contribution < 1.29 is 4.79 Å². The van der Waals surface area contributed by atoms with E-state index in [1.807, 2.05) is 31.2 Å². The van der Waals surface area contributed by atoms with Crippen LogP contribution in [0, 0.1) is 6.92 Å². The first-order valence-electron chi connectivity index (χ1n) is 8.91. The minimum absolute atomic E-state index is 0.00501. The van der Waals surface area contributed by atoms with Crippen LogP contribution in [0.15, 0.2) is 47.3 Å². The number of hydrogen-bond donors (Lipinski definition) is 2. The molecule has 0 spiro atoms. The molecular formula is C20H25N3O2. The summed E-state index contributed by atoms with van der Waals surface area (Å²) in [5, 5.41) is 6.35. The van der Waals surface area contributed by atoms with E-state index < -0.39 is 0 Å². The second-order valence-corrected chi connectivity index (χ2v) is 6.54. The summed E-state index contributed by atoms with van der Waals surface area (Å²) in [6.07, 6.45) is 1.80. The highest BCUT2D eigenvalue weighted by Crippen LogP contribution is 2.25. The summed E-state index contributed by atoms with van der Waals surface area (Å²) in [7, 11) is 0. The van der Waals surface area contributed by atoms with E-state index in [-0.39, 0.29) is 11.5 Å². The van der Waals surface area contributed by atoms with Crippen LogP contribution in [0.3, 0.4) is 0 Å². The Labute approximate surface area is 148 Å². The van der Waals surface area contributed by atoms with Crippen molar-refractivity contribution in [2.24, 2.45) is 0 Å². The first kappa shape index (κ1) is 17.4. The van der Waals surface area contributed by atoms with E-state index in [1.54, 1.807) is 16.7 Å². The van der Waals surface area contributed by atoms with Crippen LogP contribution in [-0.4, -0.2) is 30.1 Å². The maximum atomic E-state index is 12.6. The Morgan fingerprint density at radius 3 is 2.84 bits per heavy atom. The van der Waals surface area contributed by atoms with Crippen molar-refractivity contribution in [1.82, 2.24) is 15.2 Å². The number of pyridine rings is 1. The van der Waals surface area contributed by atoms with Gasteiger partial charge in [0.1, 0.15) is 0 Å². The number of aryl methyl sites for hydroxylation is 1. The molecule has 132 valence electrons. The molecule has 1 aromatic carbocycles. The third-order valence-electron chi connectivity index (χ3n) is 4.82. The average molecular weight is 339 g/mol. The van der Waals surface area contributed by atoms with E-state index in [2.05, 4.69) is 16.7 Å². The molecule has 0 saturated carbocycles. The summed E-state index contributed by atoms with van der Waals surface area (Å²) in [6.45, 7) is 5.02. The maximum absolute atomic E-state index is 12.6. The molecule has 1 aliphatic rings. The Balaban J connectivity index is 1.57. The van der Waals surface area contributed by atoms with Crippen LogP contribution in [0.4, 0.5) is 0 Å². The maximum Gasteiger partial charge on any atom is 0.251 e. The van der Waals surface area contributed by atoms with Gasteiger partial charge >= 0.3 is 0 Å². The lowest BCUT2D eigenvalue weighted by Gasteiger charge is -2.15. The van der Waals surface area contributed by atoms with Gasteiger partial charge in [-0.3, -0.25) is 9.59 Å². The number of rotatable bonds is 6. The van der Waals surface area contributed by atoms with Gasteiger partial charge in [0.25, 0.3) is 11.5 Å². The highest BCUT2D eigenvalue weighted by atomic mass is 16.1. The molecule has 0 radical (unpaired) electrons. The normalized spacial score (nSPS) is 16.8. The minimum Gasteiger partial charge on any atom is -0.352 e. The highest BCUT2D eigenvalue weighted by molar-refractivity contribution is 5.95. The van der Waals surface area contributed by atoms with Gasteiger partial charge in [0.15, 0.2) is 0 Å². The fourth-order valence-electron chi connectivity index (χ4n) is 3.42. The Kier molecular flexibility index (Phi) is 5.66. The second-order valence-electron chi connectivity index (χ2n) is 6.54. The minimum atomic E-state index is -0.0281. The molecule has 1 saturated heterocycles. The number of nitrogens with one attached hydrogen (secondary N) is 2. The SMILES string of the molecule is Cc1cccc(=O)n1CCCNC(=O)c1ccccc1C1CCNC1. The molecular weight excluding hydrogens is 314 g/mol. The fourth-order valence-corrected chi connectivity index (χ4v) is 3.42. The molecule has 2 aromatic rings. The summed E-state index contributed by atoms with van der Waals surface area (Å²) in [6, 6.07) is 13.1. The lowest BCUT2D eigenvalue weighted by atomic mass is 9.93. The monoisotopic (exact) mass is 339 g/mol. The van der Waals surface area contributed by atoms with E-state index in [0.29, 0.717) is 19.0 Å². The molecule has 1 unspecified atom stereocenters. The molecule has 0 bridgehead atoms. The number of nitrogens with zero attached hydrogens (tertiary/aromatic N) is 1. The predicted molar refractivity (Wildman–Crippen MR) is 99.1 cm³/mol. The van der Waals surface area contributed by atoms with Gasteiger partial charge in [-0.1, -0.05) is 24.3 Å². The summed E-state index contributed by atoms with van der Waals surface area (Å²) in [4.78, 5) is 24.4. The van der Waals surface area contributed by atoms with E-state index in [0.717, 1.165) is 42.8 Å². The summed E-state index contributed by atoms with van der Waals surface area (Å²) in [5.74, 6) is 0.382. The highest BCUT2D eigenvalue weighted by Gasteiger charge is 2.21. The van der Waals surface area contributed by atoms with Crippen molar-refractivity contribution in [2.75, 3.05) is 19.6 Å². The fraction of sp³-hybridized carbons (Fsp3) is 0.400. The Bertz CT molecular complexity index is 792. The molecule has 3 rings (SSSR count). The Morgan fingerprint density at radius 1 is 1.24 bits per heavy atom. The molecule has 25 heavy (non-hydrogen) atoms. The van der Waals surface area contributed by atoms with E-state index in [9.17, 15) is 9.59 Å². The van der Waals surface area contributed by atoms with Crippen molar-refractivity contribution in [1.29, 1.82) is 0 Å². The van der Waals surface area contributed by atoms with Gasteiger partial charge < -0.3 is 15.2 Å². The first-order chi connectivity index (χ1) is 12.2. The number of amides is 1. The molecule has 1 amide bonds. The molecule has 5 heteroatoms. The van der Waals surface area contributed by atoms with Crippen LogP contribution >= 0.6 is 0 Å². The van der Waals surface area contributed by atoms with Crippen LogP contribution < -0.4 is 16.2 Å². The van der Waals surface area contributed by atoms with E-state index in [1.165, 1.54) is 0 Å². The molecule has 1 aromatic heterocycles.